The number of hydrogen-bond acceptors (Lipinski definition) is 0. The maximum Gasteiger partial charge on any atom is 0.0619 e. The highest BCUT2D eigenvalue weighted by Gasteiger charge is 2.21. The molecule has 0 fully saturated rings. The van der Waals surface area contributed by atoms with Gasteiger partial charge in [0.2, 0.25) is 0 Å². The number of nitrogens with zero attached hydrogens (tertiary/aromatic N) is 2. The van der Waals surface area contributed by atoms with E-state index in [1.807, 2.05) is 0 Å². The van der Waals surface area contributed by atoms with E-state index >= 15 is 0 Å². The Hall–Kier alpha value is -4.30. The van der Waals surface area contributed by atoms with Crippen molar-refractivity contribution < 1.29 is 0 Å². The molecule has 0 bridgehead atoms. The molecule has 3 aromatic heterocycles. The first kappa shape index (κ1) is 16.4. The summed E-state index contributed by atoms with van der Waals surface area (Å²) in [6, 6.07) is 39.7. The van der Waals surface area contributed by atoms with Crippen molar-refractivity contribution in [2.75, 3.05) is 0 Å². The van der Waals surface area contributed by atoms with Crippen molar-refractivity contribution in [2.45, 2.75) is 0 Å². The Morgan fingerprint density at radius 1 is 0.375 bits per heavy atom. The third-order valence-corrected chi connectivity index (χ3v) is 7.03. The van der Waals surface area contributed by atoms with Gasteiger partial charge in [-0.15, -0.1) is 0 Å². The predicted octanol–water partition coefficient (Wildman–Crippen LogP) is 7.93. The molecule has 0 spiro atoms. The molecule has 5 aromatic carbocycles. The lowest BCUT2D eigenvalue weighted by atomic mass is 10.0. The second-order valence-electron chi connectivity index (χ2n) is 8.60. The third-order valence-electron chi connectivity index (χ3n) is 7.03. The zero-order valence-corrected chi connectivity index (χ0v) is 17.3. The molecule has 148 valence electrons. The van der Waals surface area contributed by atoms with Gasteiger partial charge in [-0.2, -0.15) is 0 Å². The molecular formula is C30H18N2. The average molecular weight is 406 g/mol. The fourth-order valence-corrected chi connectivity index (χ4v) is 5.84. The summed E-state index contributed by atoms with van der Waals surface area (Å²) in [6.07, 6.45) is 0. The highest BCUT2D eigenvalue weighted by molar-refractivity contribution is 6.31. The van der Waals surface area contributed by atoms with Crippen molar-refractivity contribution in [3.8, 4) is 5.69 Å². The molecule has 0 aliphatic rings. The van der Waals surface area contributed by atoms with Gasteiger partial charge >= 0.3 is 0 Å². The van der Waals surface area contributed by atoms with Crippen molar-refractivity contribution in [3.05, 3.63) is 109 Å². The number of benzene rings is 5. The standard InChI is InChI=1S/C30H18N2/c1-2-9-19(10-3-1)31-25-16-7-12-21-23-14-6-13-22-20-11-4-5-15-24(20)32(30(22)23)27-18-8-17-26(31)29(27)28(21)25/h1-18H. The zero-order valence-electron chi connectivity index (χ0n) is 17.3. The van der Waals surface area contributed by atoms with Gasteiger partial charge in [-0.1, -0.05) is 72.8 Å². The fraction of sp³-hybridized carbons (Fsp3) is 0. The van der Waals surface area contributed by atoms with E-state index in [4.69, 9.17) is 0 Å². The van der Waals surface area contributed by atoms with Gasteiger partial charge in [0, 0.05) is 32.6 Å². The monoisotopic (exact) mass is 406 g/mol. The minimum absolute atomic E-state index is 1.19. The van der Waals surface area contributed by atoms with E-state index in [1.165, 1.54) is 65.6 Å². The van der Waals surface area contributed by atoms with E-state index in [2.05, 4.69) is 118 Å². The molecule has 2 nitrogen and oxygen atoms in total. The molecule has 0 unspecified atom stereocenters. The Bertz CT molecular complexity index is 1970. The number of aromatic nitrogens is 2. The number of para-hydroxylation sites is 3. The lowest BCUT2D eigenvalue weighted by Crippen LogP contribution is -1.93. The molecule has 0 aliphatic carbocycles. The van der Waals surface area contributed by atoms with Gasteiger partial charge in [-0.25, -0.2) is 0 Å². The van der Waals surface area contributed by atoms with Crippen LogP contribution in [0.1, 0.15) is 0 Å². The highest BCUT2D eigenvalue weighted by atomic mass is 15.0. The summed E-state index contributed by atoms with van der Waals surface area (Å²) in [6.45, 7) is 0. The fourth-order valence-electron chi connectivity index (χ4n) is 5.84. The molecule has 8 rings (SSSR count). The normalized spacial score (nSPS) is 12.4. The van der Waals surface area contributed by atoms with Crippen LogP contribution in [-0.4, -0.2) is 8.97 Å². The van der Waals surface area contributed by atoms with E-state index in [0.29, 0.717) is 0 Å². The topological polar surface area (TPSA) is 9.34 Å². The van der Waals surface area contributed by atoms with E-state index in [0.717, 1.165) is 0 Å². The molecule has 0 atom stereocenters. The summed E-state index contributed by atoms with van der Waals surface area (Å²) in [7, 11) is 0. The summed E-state index contributed by atoms with van der Waals surface area (Å²) in [5.41, 5.74) is 7.51. The second-order valence-corrected chi connectivity index (χ2v) is 8.60. The molecule has 0 saturated carbocycles. The van der Waals surface area contributed by atoms with Gasteiger partial charge in [0.15, 0.2) is 0 Å². The van der Waals surface area contributed by atoms with Crippen molar-refractivity contribution >= 4 is 59.9 Å². The zero-order chi connectivity index (χ0) is 20.8. The Labute approximate surface area is 183 Å². The van der Waals surface area contributed by atoms with Crippen molar-refractivity contribution in [2.24, 2.45) is 0 Å². The second kappa shape index (κ2) is 5.68. The van der Waals surface area contributed by atoms with Crippen LogP contribution in [0.15, 0.2) is 109 Å². The van der Waals surface area contributed by atoms with Crippen LogP contribution in [0, 0.1) is 0 Å². The average Bonchev–Trinajstić information content (AvgIpc) is 3.33. The molecule has 8 aromatic rings. The first-order chi connectivity index (χ1) is 15.9. The summed E-state index contributed by atoms with van der Waals surface area (Å²) >= 11 is 0. The first-order valence-electron chi connectivity index (χ1n) is 11.1. The highest BCUT2D eigenvalue weighted by Crippen LogP contribution is 2.43. The van der Waals surface area contributed by atoms with Gasteiger partial charge in [0.05, 0.1) is 27.6 Å². The summed E-state index contributed by atoms with van der Waals surface area (Å²) in [4.78, 5) is 0. The van der Waals surface area contributed by atoms with Crippen LogP contribution >= 0.6 is 0 Å². The van der Waals surface area contributed by atoms with Crippen LogP contribution in [0.3, 0.4) is 0 Å². The quantitative estimate of drug-likeness (QED) is 0.262. The van der Waals surface area contributed by atoms with Crippen LogP contribution in [-0.2, 0) is 0 Å². The molecule has 32 heavy (non-hydrogen) atoms. The van der Waals surface area contributed by atoms with Crippen LogP contribution in [0.2, 0.25) is 0 Å². The Balaban J connectivity index is 1.81. The summed E-state index contributed by atoms with van der Waals surface area (Å²) < 4.78 is 4.89. The number of fused-ring (bicyclic) bond motifs is 5. The van der Waals surface area contributed by atoms with Crippen LogP contribution < -0.4 is 0 Å². The SMILES string of the molecule is c1ccc(-n2c3cccc4c5cccc6c7ccccc7n(c7cccc2c7c43)c56)cc1. The van der Waals surface area contributed by atoms with Crippen molar-refractivity contribution in [1.29, 1.82) is 0 Å². The van der Waals surface area contributed by atoms with E-state index < -0.39 is 0 Å². The van der Waals surface area contributed by atoms with Crippen LogP contribution in [0.5, 0.6) is 0 Å². The van der Waals surface area contributed by atoms with E-state index in [9.17, 15) is 0 Å². The van der Waals surface area contributed by atoms with E-state index in [1.54, 1.807) is 0 Å². The minimum atomic E-state index is 1.19. The molecule has 0 amide bonds. The predicted molar refractivity (Wildman–Crippen MR) is 135 cm³/mol. The Morgan fingerprint density at radius 3 is 1.81 bits per heavy atom. The van der Waals surface area contributed by atoms with Gasteiger partial charge in [-0.3, -0.25) is 0 Å². The molecule has 0 radical (unpaired) electrons. The van der Waals surface area contributed by atoms with Gasteiger partial charge in [-0.05, 0) is 41.8 Å². The third kappa shape index (κ3) is 1.82. The Morgan fingerprint density at radius 2 is 0.938 bits per heavy atom. The first-order valence-corrected chi connectivity index (χ1v) is 11.1. The lowest BCUT2D eigenvalue weighted by Gasteiger charge is -2.08. The van der Waals surface area contributed by atoms with Crippen LogP contribution in [0.4, 0.5) is 0 Å². The van der Waals surface area contributed by atoms with Crippen LogP contribution in [0.25, 0.3) is 65.6 Å². The molecule has 0 saturated heterocycles. The van der Waals surface area contributed by atoms with E-state index in [-0.39, 0.29) is 0 Å². The van der Waals surface area contributed by atoms with Crippen molar-refractivity contribution in [1.82, 2.24) is 8.97 Å². The number of hydrogen-bond donors (Lipinski definition) is 0. The lowest BCUT2D eigenvalue weighted by molar-refractivity contribution is 1.18. The minimum Gasteiger partial charge on any atom is -0.309 e. The molecule has 0 aliphatic heterocycles. The summed E-state index contributed by atoms with van der Waals surface area (Å²) in [5, 5.41) is 7.88. The van der Waals surface area contributed by atoms with Gasteiger partial charge < -0.3 is 8.97 Å². The molecule has 3 heterocycles. The molecule has 2 heteroatoms. The maximum atomic E-state index is 2.48. The number of rotatable bonds is 1. The van der Waals surface area contributed by atoms with Gasteiger partial charge in [0.1, 0.15) is 0 Å². The van der Waals surface area contributed by atoms with Gasteiger partial charge in [0.25, 0.3) is 0 Å². The summed E-state index contributed by atoms with van der Waals surface area (Å²) in [5.74, 6) is 0. The maximum absolute atomic E-state index is 2.48. The smallest absolute Gasteiger partial charge is 0.0619 e. The Kier molecular flexibility index (Phi) is 2.91. The largest absolute Gasteiger partial charge is 0.309 e. The molecule has 0 N–H and O–H groups in total. The van der Waals surface area contributed by atoms with Crippen molar-refractivity contribution in [3.63, 3.8) is 0 Å². The molecular weight excluding hydrogens is 388 g/mol.